The van der Waals surface area contributed by atoms with Gasteiger partial charge < -0.3 is 14.8 Å². The van der Waals surface area contributed by atoms with E-state index in [1.807, 2.05) is 28.9 Å². The molecule has 0 aliphatic carbocycles. The Morgan fingerprint density at radius 3 is 2.64 bits per heavy atom. The van der Waals surface area contributed by atoms with Crippen molar-refractivity contribution < 1.29 is 4.79 Å². The van der Waals surface area contributed by atoms with Crippen molar-refractivity contribution >= 4 is 5.91 Å². The number of imidazole rings is 1. The Morgan fingerprint density at radius 2 is 2.09 bits per heavy atom. The van der Waals surface area contributed by atoms with E-state index in [1.165, 1.54) is 0 Å². The first-order valence-electron chi connectivity index (χ1n) is 8.15. The molecule has 0 saturated carbocycles. The van der Waals surface area contributed by atoms with Crippen LogP contribution in [0, 0.1) is 0 Å². The van der Waals surface area contributed by atoms with E-state index in [0.717, 1.165) is 25.5 Å². The molecule has 1 aliphatic rings. The number of carbonyl (C=O) groups excluding carboxylic acids is 1. The third kappa shape index (κ3) is 3.67. The maximum Gasteiger partial charge on any atom is 0.237 e. The molecule has 1 saturated heterocycles. The molecule has 6 heteroatoms. The maximum absolute atomic E-state index is 12.7. The third-order valence-corrected chi connectivity index (χ3v) is 4.25. The van der Waals surface area contributed by atoms with Crippen LogP contribution in [0.4, 0.5) is 0 Å². The second kappa shape index (κ2) is 7.24. The van der Waals surface area contributed by atoms with E-state index < -0.39 is 0 Å². The molecule has 1 unspecified atom stereocenters. The number of aromatic nitrogens is 2. The monoisotopic (exact) mass is 307 g/mol. The van der Waals surface area contributed by atoms with Crippen LogP contribution in [-0.2, 0) is 11.8 Å². The van der Waals surface area contributed by atoms with Gasteiger partial charge in [-0.1, -0.05) is 0 Å². The predicted molar refractivity (Wildman–Crippen MR) is 87.5 cm³/mol. The molecule has 1 amide bonds. The Balaban J connectivity index is 2.12. The lowest BCUT2D eigenvalue weighted by atomic mass is 10.1. The summed E-state index contributed by atoms with van der Waals surface area (Å²) in [6, 6.07) is 0.600. The Kier molecular flexibility index (Phi) is 5.58. The molecule has 0 radical (unpaired) electrons. The topological polar surface area (TPSA) is 53.4 Å². The molecule has 1 fully saturated rings. The summed E-state index contributed by atoms with van der Waals surface area (Å²) < 4.78 is 2.04. The number of hydrogen-bond acceptors (Lipinski definition) is 4. The highest BCUT2D eigenvalue weighted by Crippen LogP contribution is 2.20. The number of aryl methyl sites for hydroxylation is 1. The van der Waals surface area contributed by atoms with Crippen molar-refractivity contribution in [3.05, 3.63) is 18.2 Å². The van der Waals surface area contributed by atoms with Crippen molar-refractivity contribution in [2.45, 2.75) is 45.8 Å². The smallest absolute Gasteiger partial charge is 0.237 e. The molecule has 124 valence electrons. The first-order chi connectivity index (χ1) is 10.4. The Labute approximate surface area is 133 Å². The van der Waals surface area contributed by atoms with Crippen LogP contribution in [0.1, 0.15) is 39.6 Å². The Morgan fingerprint density at radius 1 is 1.41 bits per heavy atom. The van der Waals surface area contributed by atoms with Crippen LogP contribution in [-0.4, -0.2) is 63.5 Å². The minimum atomic E-state index is 0.152. The van der Waals surface area contributed by atoms with Crippen molar-refractivity contribution in [1.82, 2.24) is 24.7 Å². The summed E-state index contributed by atoms with van der Waals surface area (Å²) in [5, 5.41) is 3.41. The Hall–Kier alpha value is -1.40. The van der Waals surface area contributed by atoms with Gasteiger partial charge in [0.05, 0.1) is 12.6 Å². The van der Waals surface area contributed by atoms with Crippen LogP contribution < -0.4 is 5.32 Å². The van der Waals surface area contributed by atoms with E-state index in [1.54, 1.807) is 0 Å². The van der Waals surface area contributed by atoms with Gasteiger partial charge in [-0.15, -0.1) is 0 Å². The first-order valence-corrected chi connectivity index (χ1v) is 8.15. The number of piperazine rings is 1. The van der Waals surface area contributed by atoms with Gasteiger partial charge in [-0.25, -0.2) is 4.98 Å². The number of nitrogens with zero attached hydrogens (tertiary/aromatic N) is 4. The highest BCUT2D eigenvalue weighted by atomic mass is 16.2. The second-order valence-electron chi connectivity index (χ2n) is 6.58. The van der Waals surface area contributed by atoms with E-state index in [0.29, 0.717) is 6.54 Å². The average molecular weight is 307 g/mol. The highest BCUT2D eigenvalue weighted by Gasteiger charge is 2.30. The van der Waals surface area contributed by atoms with E-state index in [-0.39, 0.29) is 24.0 Å². The molecular formula is C16H29N5O. The summed E-state index contributed by atoms with van der Waals surface area (Å²) in [6.45, 7) is 11.4. The number of hydrogen-bond donors (Lipinski definition) is 1. The summed E-state index contributed by atoms with van der Waals surface area (Å²) in [6.07, 6.45) is 3.77. The lowest BCUT2D eigenvalue weighted by Gasteiger charge is -2.38. The molecule has 2 heterocycles. The van der Waals surface area contributed by atoms with Gasteiger partial charge in [0.15, 0.2) is 0 Å². The van der Waals surface area contributed by atoms with Gasteiger partial charge in [-0.05, 0) is 27.7 Å². The fraction of sp³-hybridized carbons (Fsp3) is 0.750. The average Bonchev–Trinajstić information content (AvgIpc) is 2.84. The van der Waals surface area contributed by atoms with Crippen molar-refractivity contribution in [2.24, 2.45) is 7.05 Å². The summed E-state index contributed by atoms with van der Waals surface area (Å²) in [7, 11) is 2.01. The molecular weight excluding hydrogens is 278 g/mol. The van der Waals surface area contributed by atoms with Crippen molar-refractivity contribution in [1.29, 1.82) is 0 Å². The van der Waals surface area contributed by atoms with E-state index in [9.17, 15) is 4.79 Å². The zero-order valence-corrected chi connectivity index (χ0v) is 14.4. The van der Waals surface area contributed by atoms with Crippen LogP contribution in [0.25, 0.3) is 0 Å². The number of rotatable bonds is 5. The van der Waals surface area contributed by atoms with Crippen LogP contribution in [0.15, 0.2) is 12.4 Å². The molecule has 1 N–H and O–H groups in total. The molecule has 1 aliphatic heterocycles. The molecule has 0 bridgehead atoms. The van der Waals surface area contributed by atoms with Gasteiger partial charge in [-0.2, -0.15) is 0 Å². The maximum atomic E-state index is 12.7. The third-order valence-electron chi connectivity index (χ3n) is 4.25. The standard InChI is InChI=1S/C16H29N5O/c1-12(2)21(13(3)4)15(22)11-20-9-6-17-10-14(20)16-18-7-8-19(16)5/h7-8,12-14,17H,6,9-11H2,1-5H3. The quantitative estimate of drug-likeness (QED) is 0.882. The van der Waals surface area contributed by atoms with Gasteiger partial charge >= 0.3 is 0 Å². The molecule has 0 aromatic carbocycles. The molecule has 1 atom stereocenters. The van der Waals surface area contributed by atoms with E-state index in [2.05, 4.69) is 42.9 Å². The normalized spacial score (nSPS) is 19.9. The SMILES string of the molecule is CC(C)N(C(=O)CN1CCNCC1c1nccn1C)C(C)C. The minimum Gasteiger partial charge on any atom is -0.337 e. The van der Waals surface area contributed by atoms with Crippen LogP contribution in [0.2, 0.25) is 0 Å². The lowest BCUT2D eigenvalue weighted by Crippen LogP contribution is -2.52. The molecule has 6 nitrogen and oxygen atoms in total. The second-order valence-corrected chi connectivity index (χ2v) is 6.58. The highest BCUT2D eigenvalue weighted by molar-refractivity contribution is 5.79. The number of nitrogens with one attached hydrogen (secondary N) is 1. The van der Waals surface area contributed by atoms with Crippen LogP contribution in [0.3, 0.4) is 0 Å². The fourth-order valence-electron chi connectivity index (χ4n) is 3.32. The van der Waals surface area contributed by atoms with Crippen molar-refractivity contribution in [2.75, 3.05) is 26.2 Å². The van der Waals surface area contributed by atoms with Gasteiger partial charge in [-0.3, -0.25) is 9.69 Å². The zero-order chi connectivity index (χ0) is 16.3. The van der Waals surface area contributed by atoms with Crippen molar-refractivity contribution in [3.63, 3.8) is 0 Å². The summed E-state index contributed by atoms with van der Waals surface area (Å²) in [5.41, 5.74) is 0. The van der Waals surface area contributed by atoms with Crippen LogP contribution in [0.5, 0.6) is 0 Å². The predicted octanol–water partition coefficient (Wildman–Crippen LogP) is 1.01. The van der Waals surface area contributed by atoms with Gasteiger partial charge in [0.1, 0.15) is 5.82 Å². The lowest BCUT2D eigenvalue weighted by molar-refractivity contribution is -0.136. The van der Waals surface area contributed by atoms with Gasteiger partial charge in [0.2, 0.25) is 5.91 Å². The summed E-state index contributed by atoms with van der Waals surface area (Å²) >= 11 is 0. The Bertz CT molecular complexity index is 488. The van der Waals surface area contributed by atoms with E-state index in [4.69, 9.17) is 0 Å². The minimum absolute atomic E-state index is 0.152. The molecule has 1 aromatic heterocycles. The largest absolute Gasteiger partial charge is 0.337 e. The first kappa shape index (κ1) is 17.0. The molecule has 22 heavy (non-hydrogen) atoms. The van der Waals surface area contributed by atoms with Crippen molar-refractivity contribution in [3.8, 4) is 0 Å². The number of amides is 1. The molecule has 2 rings (SSSR count). The zero-order valence-electron chi connectivity index (χ0n) is 14.4. The number of carbonyl (C=O) groups is 1. The van der Waals surface area contributed by atoms with E-state index >= 15 is 0 Å². The summed E-state index contributed by atoms with van der Waals surface area (Å²) in [4.78, 5) is 21.4. The molecule has 1 aromatic rings. The molecule has 0 spiro atoms. The van der Waals surface area contributed by atoms with Gasteiger partial charge in [0.25, 0.3) is 0 Å². The van der Waals surface area contributed by atoms with Crippen LogP contribution >= 0.6 is 0 Å². The summed E-state index contributed by atoms with van der Waals surface area (Å²) in [5.74, 6) is 1.21. The van der Waals surface area contributed by atoms with Gasteiger partial charge in [0, 0.05) is 51.2 Å². The fourth-order valence-corrected chi connectivity index (χ4v) is 3.32.